The van der Waals surface area contributed by atoms with Gasteiger partial charge >= 0.3 is 0 Å². The van der Waals surface area contributed by atoms with E-state index in [1.54, 1.807) is 11.5 Å². The number of benzene rings is 1. The van der Waals surface area contributed by atoms with E-state index in [0.29, 0.717) is 0 Å². The summed E-state index contributed by atoms with van der Waals surface area (Å²) in [5, 5.41) is 2.51. The van der Waals surface area contributed by atoms with E-state index in [9.17, 15) is 0 Å². The first-order valence-electron chi connectivity index (χ1n) is 5.04. The van der Waals surface area contributed by atoms with Crippen molar-refractivity contribution in [3.63, 3.8) is 0 Å². The Morgan fingerprint density at radius 1 is 1.40 bits per heavy atom. The molecule has 15 heavy (non-hydrogen) atoms. The van der Waals surface area contributed by atoms with Crippen molar-refractivity contribution in [2.75, 3.05) is 18.0 Å². The summed E-state index contributed by atoms with van der Waals surface area (Å²) in [4.78, 5) is 2.31. The molecule has 1 saturated heterocycles. The predicted octanol–water partition coefficient (Wildman–Crippen LogP) is 1.83. The number of nitrogens with zero attached hydrogens (tertiary/aromatic N) is 2. The van der Waals surface area contributed by atoms with Crippen molar-refractivity contribution in [2.24, 2.45) is 5.73 Å². The average Bonchev–Trinajstić information content (AvgIpc) is 2.57. The molecule has 2 aromatic rings. The Balaban J connectivity index is 1.99. The first-order chi connectivity index (χ1) is 7.16. The van der Waals surface area contributed by atoms with Crippen LogP contribution in [0.15, 0.2) is 24.3 Å². The van der Waals surface area contributed by atoms with Crippen LogP contribution in [0.3, 0.4) is 0 Å². The van der Waals surface area contributed by atoms with E-state index in [1.165, 1.54) is 10.4 Å². The van der Waals surface area contributed by atoms with Gasteiger partial charge in [-0.2, -0.15) is 4.37 Å². The molecule has 0 bridgehead atoms. The fourth-order valence-corrected chi connectivity index (χ4v) is 2.93. The molecular formula is C11H13N3S. The fraction of sp³-hybridized carbons (Fsp3) is 0.364. The molecular weight excluding hydrogens is 206 g/mol. The van der Waals surface area contributed by atoms with Gasteiger partial charge in [0.2, 0.25) is 0 Å². The molecule has 2 heterocycles. The molecule has 1 fully saturated rings. The van der Waals surface area contributed by atoms with Crippen molar-refractivity contribution < 1.29 is 0 Å². The third-order valence-electron chi connectivity index (χ3n) is 2.76. The van der Waals surface area contributed by atoms with Crippen LogP contribution in [-0.4, -0.2) is 23.0 Å². The maximum absolute atomic E-state index is 6.00. The van der Waals surface area contributed by atoms with Crippen molar-refractivity contribution in [3.8, 4) is 0 Å². The van der Waals surface area contributed by atoms with Crippen LogP contribution in [0.5, 0.6) is 0 Å². The van der Waals surface area contributed by atoms with Crippen molar-refractivity contribution in [2.45, 2.75) is 12.5 Å². The minimum Gasteiger partial charge on any atom is -0.358 e. The van der Waals surface area contributed by atoms with Crippen LogP contribution in [0.2, 0.25) is 0 Å². The number of anilines is 1. The molecule has 2 N–H and O–H groups in total. The summed E-state index contributed by atoms with van der Waals surface area (Å²) in [5.74, 6) is 0. The lowest BCUT2D eigenvalue weighted by atomic mass is 9.94. The van der Waals surface area contributed by atoms with Crippen LogP contribution in [0.25, 0.3) is 10.9 Å². The summed E-state index contributed by atoms with van der Waals surface area (Å²) < 4.78 is 4.43. The van der Waals surface area contributed by atoms with Gasteiger partial charge in [-0.25, -0.2) is 0 Å². The van der Waals surface area contributed by atoms with E-state index >= 15 is 0 Å². The number of hydrogen-bond donors (Lipinski definition) is 1. The Hall–Kier alpha value is -1.13. The highest BCUT2D eigenvalue weighted by molar-refractivity contribution is 7.11. The number of rotatable bonds is 1. The molecule has 1 aromatic heterocycles. The van der Waals surface area contributed by atoms with Gasteiger partial charge in [0.05, 0.1) is 5.52 Å². The molecule has 78 valence electrons. The van der Waals surface area contributed by atoms with E-state index in [4.69, 9.17) is 5.73 Å². The normalized spacial score (nSPS) is 19.2. The van der Waals surface area contributed by atoms with E-state index in [2.05, 4.69) is 34.4 Å². The topological polar surface area (TPSA) is 42.1 Å². The van der Waals surface area contributed by atoms with Crippen molar-refractivity contribution in [3.05, 3.63) is 24.3 Å². The van der Waals surface area contributed by atoms with Gasteiger partial charge in [-0.1, -0.05) is 12.1 Å². The lowest BCUT2D eigenvalue weighted by molar-refractivity contribution is 0.368. The highest BCUT2D eigenvalue weighted by Gasteiger charge is 2.36. The number of aromatic nitrogens is 1. The molecule has 3 rings (SSSR count). The van der Waals surface area contributed by atoms with Gasteiger partial charge in [-0.15, -0.1) is 0 Å². The smallest absolute Gasteiger partial charge is 0.120 e. The van der Waals surface area contributed by atoms with Gasteiger partial charge < -0.3 is 10.6 Å². The zero-order valence-corrected chi connectivity index (χ0v) is 9.42. The van der Waals surface area contributed by atoms with Crippen LogP contribution < -0.4 is 10.6 Å². The second-order valence-corrected chi connectivity index (χ2v) is 5.27. The zero-order chi connectivity index (χ0) is 10.5. The molecule has 0 saturated carbocycles. The quantitative estimate of drug-likeness (QED) is 0.795. The van der Waals surface area contributed by atoms with Gasteiger partial charge in [0.15, 0.2) is 0 Å². The summed E-state index contributed by atoms with van der Waals surface area (Å²) >= 11 is 1.57. The molecule has 0 aliphatic carbocycles. The molecule has 4 heteroatoms. The number of hydrogen-bond acceptors (Lipinski definition) is 4. The maximum atomic E-state index is 6.00. The van der Waals surface area contributed by atoms with E-state index in [0.717, 1.165) is 18.6 Å². The van der Waals surface area contributed by atoms with Gasteiger partial charge in [-0.05, 0) is 30.6 Å². The summed E-state index contributed by atoms with van der Waals surface area (Å²) in [7, 11) is 0. The Labute approximate surface area is 92.7 Å². The van der Waals surface area contributed by atoms with Crippen molar-refractivity contribution in [1.29, 1.82) is 0 Å². The largest absolute Gasteiger partial charge is 0.358 e. The van der Waals surface area contributed by atoms with Crippen LogP contribution in [0.4, 0.5) is 5.00 Å². The van der Waals surface area contributed by atoms with Crippen LogP contribution in [0, 0.1) is 0 Å². The minimum absolute atomic E-state index is 0.0227. The standard InChI is InChI=1S/C11H13N3S/c1-11(12)6-14(7-11)10-8-4-2-3-5-9(8)13-15-10/h2-5H,6-7,12H2,1H3. The lowest BCUT2D eigenvalue weighted by Crippen LogP contribution is -2.65. The summed E-state index contributed by atoms with van der Waals surface area (Å²) in [6.45, 7) is 3.95. The number of fused-ring (bicyclic) bond motifs is 1. The molecule has 0 radical (unpaired) electrons. The molecule has 0 unspecified atom stereocenters. The third kappa shape index (κ3) is 1.41. The molecule has 1 aromatic carbocycles. The predicted molar refractivity (Wildman–Crippen MR) is 64.4 cm³/mol. The Bertz CT molecular complexity index is 495. The first kappa shape index (κ1) is 9.12. The maximum Gasteiger partial charge on any atom is 0.120 e. The molecule has 0 spiro atoms. The summed E-state index contributed by atoms with van der Waals surface area (Å²) in [5.41, 5.74) is 7.07. The second kappa shape index (κ2) is 2.93. The third-order valence-corrected chi connectivity index (χ3v) is 3.70. The highest BCUT2D eigenvalue weighted by atomic mass is 32.1. The average molecular weight is 219 g/mol. The van der Waals surface area contributed by atoms with Crippen LogP contribution >= 0.6 is 11.5 Å². The van der Waals surface area contributed by atoms with Gasteiger partial charge in [-0.3, -0.25) is 0 Å². The monoisotopic (exact) mass is 219 g/mol. The molecule has 1 aliphatic heterocycles. The Kier molecular flexibility index (Phi) is 1.78. The first-order valence-corrected chi connectivity index (χ1v) is 5.81. The van der Waals surface area contributed by atoms with E-state index in [-0.39, 0.29) is 5.54 Å². The fourth-order valence-electron chi connectivity index (χ4n) is 2.07. The molecule has 3 nitrogen and oxygen atoms in total. The molecule has 1 aliphatic rings. The molecule has 0 amide bonds. The number of nitrogens with two attached hydrogens (primary N) is 1. The highest BCUT2D eigenvalue weighted by Crippen LogP contribution is 2.35. The summed E-state index contributed by atoms with van der Waals surface area (Å²) in [6, 6.07) is 8.26. The van der Waals surface area contributed by atoms with Crippen LogP contribution in [-0.2, 0) is 0 Å². The minimum atomic E-state index is -0.0227. The zero-order valence-electron chi connectivity index (χ0n) is 8.60. The summed E-state index contributed by atoms with van der Waals surface area (Å²) in [6.07, 6.45) is 0. The van der Waals surface area contributed by atoms with Gasteiger partial charge in [0.1, 0.15) is 5.00 Å². The van der Waals surface area contributed by atoms with Crippen molar-refractivity contribution >= 4 is 27.4 Å². The van der Waals surface area contributed by atoms with Gasteiger partial charge in [0.25, 0.3) is 0 Å². The lowest BCUT2D eigenvalue weighted by Gasteiger charge is -2.46. The van der Waals surface area contributed by atoms with E-state index < -0.39 is 0 Å². The van der Waals surface area contributed by atoms with Gasteiger partial charge in [0, 0.05) is 24.0 Å². The van der Waals surface area contributed by atoms with Crippen molar-refractivity contribution in [1.82, 2.24) is 4.37 Å². The second-order valence-electron chi connectivity index (χ2n) is 4.51. The SMILES string of the molecule is CC1(N)CN(c2snc3ccccc23)C1. The Morgan fingerprint density at radius 3 is 2.87 bits per heavy atom. The van der Waals surface area contributed by atoms with Crippen LogP contribution in [0.1, 0.15) is 6.92 Å². The van der Waals surface area contributed by atoms with E-state index in [1.807, 2.05) is 6.07 Å². The molecule has 0 atom stereocenters. The Morgan fingerprint density at radius 2 is 2.13 bits per heavy atom.